The number of nitrogens with zero attached hydrogens (tertiary/aromatic N) is 1. The fraction of sp³-hybridized carbons (Fsp3) is 0.529. The molecule has 1 aliphatic carbocycles. The number of esters is 1. The molecule has 0 aromatic heterocycles. The van der Waals surface area contributed by atoms with Crippen LogP contribution in [0, 0.1) is 0 Å². The number of methoxy groups -OCH3 is 2. The molecule has 1 aromatic carbocycles. The normalized spacial score (nSPS) is 13.3. The van der Waals surface area contributed by atoms with E-state index in [2.05, 4.69) is 27.1 Å². The number of hydrogen-bond acceptors (Lipinski definition) is 4. The Morgan fingerprint density at radius 2 is 2.00 bits per heavy atom. The van der Waals surface area contributed by atoms with Gasteiger partial charge < -0.3 is 19.7 Å². The van der Waals surface area contributed by atoms with Crippen molar-refractivity contribution in [3.63, 3.8) is 0 Å². The van der Waals surface area contributed by atoms with Gasteiger partial charge in [0.2, 0.25) is 0 Å². The van der Waals surface area contributed by atoms with Gasteiger partial charge in [-0.2, -0.15) is 0 Å². The lowest BCUT2D eigenvalue weighted by Crippen LogP contribution is -2.41. The van der Waals surface area contributed by atoms with Gasteiger partial charge in [0.25, 0.3) is 0 Å². The number of ether oxygens (including phenoxy) is 2. The molecule has 0 atom stereocenters. The fourth-order valence-corrected chi connectivity index (χ4v) is 2.63. The molecule has 5 nitrogen and oxygen atoms in total. The molecule has 2 rings (SSSR count). The van der Waals surface area contributed by atoms with Crippen LogP contribution in [-0.2, 0) is 16.1 Å². The van der Waals surface area contributed by atoms with Crippen LogP contribution < -0.4 is 10.1 Å². The second-order valence-electron chi connectivity index (χ2n) is 5.62. The van der Waals surface area contributed by atoms with Crippen LogP contribution in [-0.4, -0.2) is 42.8 Å². The predicted molar refractivity (Wildman–Crippen MR) is 93.4 cm³/mol. The van der Waals surface area contributed by atoms with E-state index in [1.807, 2.05) is 12.1 Å². The second kappa shape index (κ2) is 8.72. The van der Waals surface area contributed by atoms with Crippen LogP contribution in [0.15, 0.2) is 24.3 Å². The van der Waals surface area contributed by atoms with Crippen molar-refractivity contribution >= 4 is 23.3 Å². The van der Waals surface area contributed by atoms with E-state index in [1.165, 1.54) is 25.5 Å². The lowest BCUT2D eigenvalue weighted by atomic mass is 10.2. The SMILES string of the molecule is COC(=O)CCCNC(=S)N(Cc1ccc(OC)cc1)C1CC1. The average molecular weight is 336 g/mol. The molecule has 126 valence electrons. The van der Waals surface area contributed by atoms with E-state index in [9.17, 15) is 4.79 Å². The summed E-state index contributed by atoms with van der Waals surface area (Å²) in [5, 5.41) is 4.01. The quantitative estimate of drug-likeness (QED) is 0.447. The molecule has 0 aliphatic heterocycles. The Kier molecular flexibility index (Phi) is 6.65. The molecule has 0 amide bonds. The van der Waals surface area contributed by atoms with E-state index in [1.54, 1.807) is 7.11 Å². The Balaban J connectivity index is 1.82. The third kappa shape index (κ3) is 5.71. The van der Waals surface area contributed by atoms with Crippen LogP contribution in [0.4, 0.5) is 0 Å². The lowest BCUT2D eigenvalue weighted by molar-refractivity contribution is -0.140. The van der Waals surface area contributed by atoms with E-state index in [0.29, 0.717) is 25.4 Å². The Hall–Kier alpha value is -1.82. The van der Waals surface area contributed by atoms with Gasteiger partial charge >= 0.3 is 5.97 Å². The number of thiocarbonyl (C=S) groups is 1. The van der Waals surface area contributed by atoms with Gasteiger partial charge in [0, 0.05) is 25.6 Å². The first-order chi connectivity index (χ1) is 11.1. The molecule has 23 heavy (non-hydrogen) atoms. The number of carbonyl (C=O) groups is 1. The van der Waals surface area contributed by atoms with Crippen LogP contribution >= 0.6 is 12.2 Å². The molecule has 0 unspecified atom stereocenters. The van der Waals surface area contributed by atoms with Crippen LogP contribution in [0.25, 0.3) is 0 Å². The molecule has 0 heterocycles. The predicted octanol–water partition coefficient (Wildman–Crippen LogP) is 2.49. The molecule has 6 heteroatoms. The maximum Gasteiger partial charge on any atom is 0.305 e. The maximum absolute atomic E-state index is 11.1. The van der Waals surface area contributed by atoms with Gasteiger partial charge in [-0.3, -0.25) is 4.79 Å². The average Bonchev–Trinajstić information content (AvgIpc) is 3.41. The zero-order valence-electron chi connectivity index (χ0n) is 13.7. The van der Waals surface area contributed by atoms with Crippen molar-refractivity contribution in [2.75, 3.05) is 20.8 Å². The highest BCUT2D eigenvalue weighted by molar-refractivity contribution is 7.80. The van der Waals surface area contributed by atoms with Crippen LogP contribution in [0.3, 0.4) is 0 Å². The van der Waals surface area contributed by atoms with Gasteiger partial charge in [0.15, 0.2) is 5.11 Å². The molecule has 0 bridgehead atoms. The number of rotatable bonds is 8. The van der Waals surface area contributed by atoms with Gasteiger partial charge in [-0.25, -0.2) is 0 Å². The summed E-state index contributed by atoms with van der Waals surface area (Å²) in [4.78, 5) is 13.3. The Bertz CT molecular complexity index is 529. The third-order valence-electron chi connectivity index (χ3n) is 3.82. The van der Waals surface area contributed by atoms with Crippen molar-refractivity contribution in [3.05, 3.63) is 29.8 Å². The van der Waals surface area contributed by atoms with E-state index in [4.69, 9.17) is 17.0 Å². The minimum Gasteiger partial charge on any atom is -0.497 e. The van der Waals surface area contributed by atoms with Crippen molar-refractivity contribution < 1.29 is 14.3 Å². The van der Waals surface area contributed by atoms with Gasteiger partial charge in [-0.1, -0.05) is 12.1 Å². The summed E-state index contributed by atoms with van der Waals surface area (Å²) in [5.74, 6) is 0.672. The van der Waals surface area contributed by atoms with Gasteiger partial charge in [0.1, 0.15) is 5.75 Å². The molecular weight excluding hydrogens is 312 g/mol. The van der Waals surface area contributed by atoms with Gasteiger partial charge in [-0.15, -0.1) is 0 Å². The summed E-state index contributed by atoms with van der Waals surface area (Å²) in [7, 11) is 3.07. The molecule has 1 N–H and O–H groups in total. The molecule has 1 saturated carbocycles. The minimum absolute atomic E-state index is 0.185. The van der Waals surface area contributed by atoms with Gasteiger partial charge in [-0.05, 0) is 49.2 Å². The Morgan fingerprint density at radius 3 is 2.57 bits per heavy atom. The first kappa shape index (κ1) is 17.5. The molecular formula is C17H24N2O3S. The zero-order chi connectivity index (χ0) is 16.7. The first-order valence-corrected chi connectivity index (χ1v) is 8.29. The Morgan fingerprint density at radius 1 is 1.30 bits per heavy atom. The van der Waals surface area contributed by atoms with Crippen LogP contribution in [0.5, 0.6) is 5.75 Å². The van der Waals surface area contributed by atoms with Crippen molar-refractivity contribution in [2.45, 2.75) is 38.3 Å². The lowest BCUT2D eigenvalue weighted by Gasteiger charge is -2.26. The molecule has 0 radical (unpaired) electrons. The highest BCUT2D eigenvalue weighted by Crippen LogP contribution is 2.28. The second-order valence-corrected chi connectivity index (χ2v) is 6.01. The molecule has 0 spiro atoms. The molecule has 0 saturated heterocycles. The zero-order valence-corrected chi connectivity index (χ0v) is 14.5. The van der Waals surface area contributed by atoms with Crippen molar-refractivity contribution in [2.24, 2.45) is 0 Å². The summed E-state index contributed by atoms with van der Waals surface area (Å²) in [5.41, 5.74) is 1.21. The fourth-order valence-electron chi connectivity index (χ4n) is 2.31. The highest BCUT2D eigenvalue weighted by atomic mass is 32.1. The number of hydrogen-bond donors (Lipinski definition) is 1. The monoisotopic (exact) mass is 336 g/mol. The standard InChI is InChI=1S/C17H24N2O3S/c1-21-15-9-5-13(6-10-15)12-19(14-7-8-14)17(23)18-11-3-4-16(20)22-2/h5-6,9-10,14H,3-4,7-8,11-12H2,1-2H3,(H,18,23). The summed E-state index contributed by atoms with van der Waals surface area (Å²) in [6.45, 7) is 1.47. The summed E-state index contributed by atoms with van der Waals surface area (Å²) in [6, 6.07) is 8.58. The largest absolute Gasteiger partial charge is 0.497 e. The smallest absolute Gasteiger partial charge is 0.305 e. The summed E-state index contributed by atoms with van der Waals surface area (Å²) < 4.78 is 9.82. The van der Waals surface area contributed by atoms with Crippen molar-refractivity contribution in [1.29, 1.82) is 0 Å². The molecule has 1 aliphatic rings. The van der Waals surface area contributed by atoms with Crippen molar-refractivity contribution in [3.8, 4) is 5.75 Å². The summed E-state index contributed by atoms with van der Waals surface area (Å²) >= 11 is 5.52. The maximum atomic E-state index is 11.1. The number of carbonyl (C=O) groups excluding carboxylic acids is 1. The Labute approximate surface area is 142 Å². The van der Waals surface area contributed by atoms with E-state index in [0.717, 1.165) is 17.4 Å². The van der Waals surface area contributed by atoms with Gasteiger partial charge in [0.05, 0.1) is 14.2 Å². The van der Waals surface area contributed by atoms with E-state index < -0.39 is 0 Å². The van der Waals surface area contributed by atoms with Crippen LogP contribution in [0.1, 0.15) is 31.2 Å². The number of benzene rings is 1. The molecule has 1 fully saturated rings. The first-order valence-electron chi connectivity index (χ1n) is 7.88. The van der Waals surface area contributed by atoms with E-state index >= 15 is 0 Å². The number of nitrogens with one attached hydrogen (secondary N) is 1. The summed E-state index contributed by atoms with van der Waals surface area (Å²) in [6.07, 6.45) is 3.49. The van der Waals surface area contributed by atoms with E-state index in [-0.39, 0.29) is 5.97 Å². The topological polar surface area (TPSA) is 50.8 Å². The van der Waals surface area contributed by atoms with Crippen molar-refractivity contribution in [1.82, 2.24) is 10.2 Å². The minimum atomic E-state index is -0.185. The van der Waals surface area contributed by atoms with Crippen LogP contribution in [0.2, 0.25) is 0 Å². The highest BCUT2D eigenvalue weighted by Gasteiger charge is 2.30. The molecule has 1 aromatic rings. The third-order valence-corrected chi connectivity index (χ3v) is 4.20.